The minimum atomic E-state index is -0.745. The zero-order valence-corrected chi connectivity index (χ0v) is 20.3. The van der Waals surface area contributed by atoms with Gasteiger partial charge in [0.05, 0.1) is 5.41 Å². The van der Waals surface area contributed by atoms with Crippen LogP contribution in [0, 0.1) is 11.3 Å². The first-order chi connectivity index (χ1) is 13.2. The molecule has 1 unspecified atom stereocenters. The predicted molar refractivity (Wildman–Crippen MR) is 118 cm³/mol. The van der Waals surface area contributed by atoms with Crippen molar-refractivity contribution in [2.45, 2.75) is 72.5 Å². The number of nitrogens with zero attached hydrogens (tertiary/aromatic N) is 1. The van der Waals surface area contributed by atoms with Gasteiger partial charge in [-0.1, -0.05) is 28.1 Å². The number of rotatable bonds is 4. The van der Waals surface area contributed by atoms with Gasteiger partial charge in [-0.3, -0.25) is 4.79 Å². The van der Waals surface area contributed by atoms with Crippen LogP contribution >= 0.6 is 15.9 Å². The molecule has 1 amide bonds. The largest absolute Gasteiger partial charge is 0.460 e. The van der Waals surface area contributed by atoms with Gasteiger partial charge in [0.15, 0.2) is 0 Å². The molecule has 5 nitrogen and oxygen atoms in total. The molecule has 1 fully saturated rings. The molecule has 1 heterocycles. The zero-order chi connectivity index (χ0) is 22.0. The van der Waals surface area contributed by atoms with Crippen LogP contribution in [0.4, 0.5) is 4.79 Å². The summed E-state index contributed by atoms with van der Waals surface area (Å²) in [6, 6.07) is 7.99. The molecular weight excluding hydrogens is 434 g/mol. The molecule has 2 atom stereocenters. The average Bonchev–Trinajstić information content (AvgIpc) is 3.02. The Hall–Kier alpha value is -1.56. The summed E-state index contributed by atoms with van der Waals surface area (Å²) < 4.78 is 12.3. The topological polar surface area (TPSA) is 55.8 Å². The smallest absolute Gasteiger partial charge is 0.410 e. The quantitative estimate of drug-likeness (QED) is 0.540. The van der Waals surface area contributed by atoms with E-state index in [4.69, 9.17) is 9.47 Å². The fourth-order valence-corrected chi connectivity index (χ4v) is 4.07. The highest BCUT2D eigenvalue weighted by Gasteiger charge is 2.47. The van der Waals surface area contributed by atoms with Crippen LogP contribution in [0.15, 0.2) is 28.7 Å². The third-order valence-corrected chi connectivity index (χ3v) is 5.56. The van der Waals surface area contributed by atoms with Crippen LogP contribution < -0.4 is 0 Å². The van der Waals surface area contributed by atoms with Crippen molar-refractivity contribution in [3.63, 3.8) is 0 Å². The third-order valence-electron chi connectivity index (χ3n) is 5.07. The summed E-state index contributed by atoms with van der Waals surface area (Å²) in [5.41, 5.74) is -0.799. The van der Waals surface area contributed by atoms with Gasteiger partial charge in [-0.2, -0.15) is 0 Å². The van der Waals surface area contributed by atoms with Crippen LogP contribution in [0.5, 0.6) is 0 Å². The second-order valence-corrected chi connectivity index (χ2v) is 11.1. The number of carbonyl (C=O) groups is 2. The Labute approximate surface area is 183 Å². The Balaban J connectivity index is 2.25. The number of ether oxygens (including phenoxy) is 2. The maximum Gasteiger partial charge on any atom is 0.410 e. The van der Waals surface area contributed by atoms with Crippen LogP contribution in [-0.2, 0) is 20.7 Å². The fourth-order valence-electron chi connectivity index (χ4n) is 3.62. The van der Waals surface area contributed by atoms with Gasteiger partial charge in [-0.15, -0.1) is 0 Å². The minimum Gasteiger partial charge on any atom is -0.460 e. The summed E-state index contributed by atoms with van der Waals surface area (Å²) in [6.45, 7) is 14.2. The van der Waals surface area contributed by atoms with Crippen LogP contribution in [-0.4, -0.2) is 41.3 Å². The summed E-state index contributed by atoms with van der Waals surface area (Å²) in [4.78, 5) is 27.5. The van der Waals surface area contributed by atoms with Gasteiger partial charge in [-0.25, -0.2) is 4.79 Å². The predicted octanol–water partition coefficient (Wildman–Crippen LogP) is 5.60. The van der Waals surface area contributed by atoms with Gasteiger partial charge in [-0.05, 0) is 84.9 Å². The lowest BCUT2D eigenvalue weighted by atomic mass is 9.72. The molecule has 0 spiro atoms. The van der Waals surface area contributed by atoms with Crippen molar-refractivity contribution >= 4 is 28.0 Å². The number of carbonyl (C=O) groups excluding carboxylic acids is 2. The van der Waals surface area contributed by atoms with E-state index in [1.807, 2.05) is 72.7 Å². The number of amides is 1. The molecule has 1 aromatic carbocycles. The number of halogens is 1. The average molecular weight is 468 g/mol. The Morgan fingerprint density at radius 3 is 2.24 bits per heavy atom. The maximum absolute atomic E-state index is 13.3. The first kappa shape index (κ1) is 23.7. The molecule has 6 heteroatoms. The van der Waals surface area contributed by atoms with Gasteiger partial charge in [0.2, 0.25) is 0 Å². The number of hydrogen-bond acceptors (Lipinski definition) is 4. The summed E-state index contributed by atoms with van der Waals surface area (Å²) in [5, 5.41) is 0. The summed E-state index contributed by atoms with van der Waals surface area (Å²) in [6.07, 6.45) is 0.964. The molecule has 162 valence electrons. The fraction of sp³-hybridized carbons (Fsp3) is 0.652. The molecule has 0 saturated carbocycles. The van der Waals surface area contributed by atoms with Gasteiger partial charge in [0.1, 0.15) is 11.2 Å². The highest BCUT2D eigenvalue weighted by molar-refractivity contribution is 9.10. The standard InChI is InChI=1S/C23H34BrNO4/c1-21(2,3)28-19(26)23(7,14-16-9-8-10-18(24)13-16)17-11-12-25(15-17)20(27)29-22(4,5)6/h8-10,13,17H,11-12,14-15H2,1-7H3/t17-,23?/m0/s1. The lowest BCUT2D eigenvalue weighted by Crippen LogP contribution is -2.44. The molecule has 0 aromatic heterocycles. The van der Waals surface area contributed by atoms with Crippen molar-refractivity contribution in [2.24, 2.45) is 11.3 Å². The molecule has 0 N–H and O–H groups in total. The van der Waals surface area contributed by atoms with Crippen molar-refractivity contribution < 1.29 is 19.1 Å². The molecule has 0 bridgehead atoms. The van der Waals surface area contributed by atoms with Gasteiger partial charge in [0, 0.05) is 17.6 Å². The summed E-state index contributed by atoms with van der Waals surface area (Å²) in [5.74, 6) is -0.232. The normalized spacial score (nSPS) is 19.6. The van der Waals surface area contributed by atoms with Crippen molar-refractivity contribution in [2.75, 3.05) is 13.1 Å². The van der Waals surface area contributed by atoms with E-state index < -0.39 is 16.6 Å². The van der Waals surface area contributed by atoms with E-state index in [1.165, 1.54) is 0 Å². The Morgan fingerprint density at radius 2 is 1.69 bits per heavy atom. The van der Waals surface area contributed by atoms with Crippen molar-refractivity contribution in [1.29, 1.82) is 0 Å². The molecule has 29 heavy (non-hydrogen) atoms. The Bertz CT molecular complexity index is 750. The molecule has 0 aliphatic carbocycles. The van der Waals surface area contributed by atoms with Crippen molar-refractivity contribution in [3.05, 3.63) is 34.3 Å². The van der Waals surface area contributed by atoms with Crippen LogP contribution in [0.3, 0.4) is 0 Å². The van der Waals surface area contributed by atoms with E-state index in [9.17, 15) is 9.59 Å². The Morgan fingerprint density at radius 1 is 1.07 bits per heavy atom. The van der Waals surface area contributed by atoms with Crippen LogP contribution in [0.1, 0.15) is 60.5 Å². The summed E-state index contributed by atoms with van der Waals surface area (Å²) >= 11 is 3.51. The highest BCUT2D eigenvalue weighted by Crippen LogP contribution is 2.40. The number of esters is 1. The second kappa shape index (κ2) is 8.66. The molecular formula is C23H34BrNO4. The van der Waals surface area contributed by atoms with Gasteiger partial charge < -0.3 is 14.4 Å². The number of hydrogen-bond donors (Lipinski definition) is 0. The van der Waals surface area contributed by atoms with Gasteiger partial charge in [0.25, 0.3) is 0 Å². The van der Waals surface area contributed by atoms with E-state index >= 15 is 0 Å². The first-order valence-corrected chi connectivity index (χ1v) is 10.9. The highest BCUT2D eigenvalue weighted by atomic mass is 79.9. The van der Waals surface area contributed by atoms with E-state index in [-0.39, 0.29) is 18.0 Å². The van der Waals surface area contributed by atoms with E-state index in [1.54, 1.807) is 4.90 Å². The third kappa shape index (κ3) is 6.73. The molecule has 1 aliphatic heterocycles. The lowest BCUT2D eigenvalue weighted by molar-refractivity contribution is -0.170. The van der Waals surface area contributed by atoms with E-state index in [0.717, 1.165) is 16.5 Å². The summed E-state index contributed by atoms with van der Waals surface area (Å²) in [7, 11) is 0. The molecule has 2 rings (SSSR count). The maximum atomic E-state index is 13.3. The molecule has 1 saturated heterocycles. The monoisotopic (exact) mass is 467 g/mol. The van der Waals surface area contributed by atoms with Crippen molar-refractivity contribution in [1.82, 2.24) is 4.90 Å². The van der Waals surface area contributed by atoms with E-state index in [0.29, 0.717) is 19.5 Å². The second-order valence-electron chi connectivity index (χ2n) is 10.1. The SMILES string of the molecule is CC(C)(C)OC(=O)N1CC[C@H](C(C)(Cc2cccc(Br)c2)C(=O)OC(C)(C)C)C1. The van der Waals surface area contributed by atoms with Crippen LogP contribution in [0.25, 0.3) is 0 Å². The number of likely N-dealkylation sites (tertiary alicyclic amines) is 1. The number of benzene rings is 1. The van der Waals surface area contributed by atoms with E-state index in [2.05, 4.69) is 15.9 Å². The van der Waals surface area contributed by atoms with Crippen molar-refractivity contribution in [3.8, 4) is 0 Å². The lowest BCUT2D eigenvalue weighted by Gasteiger charge is -2.36. The van der Waals surface area contributed by atoms with Crippen LogP contribution in [0.2, 0.25) is 0 Å². The van der Waals surface area contributed by atoms with Gasteiger partial charge >= 0.3 is 12.1 Å². The first-order valence-electron chi connectivity index (χ1n) is 10.2. The zero-order valence-electron chi connectivity index (χ0n) is 18.7. The molecule has 1 aromatic rings. The Kier molecular flexibility index (Phi) is 7.09. The molecule has 1 aliphatic rings. The minimum absolute atomic E-state index is 0.0103. The molecule has 0 radical (unpaired) electrons.